The molecule has 0 aromatic carbocycles. The fraction of sp³-hybridized carbons (Fsp3) is 0.643. The van der Waals surface area contributed by atoms with Gasteiger partial charge in [0.2, 0.25) is 5.95 Å². The molecule has 3 aromatic rings. The molecule has 3 aromatic heterocycles. The molecule has 2 fully saturated rings. The second-order valence-corrected chi connectivity index (χ2v) is 10.4. The number of fused-ring (bicyclic) bond motifs is 1. The van der Waals surface area contributed by atoms with Crippen molar-refractivity contribution in [2.45, 2.75) is 76.8 Å². The molecule has 2 saturated heterocycles. The Morgan fingerprint density at radius 2 is 1.82 bits per heavy atom. The molecule has 5 N–H and O–H groups in total. The minimum atomic E-state index is 0.137. The van der Waals surface area contributed by atoms with Crippen molar-refractivity contribution in [1.29, 1.82) is 0 Å². The summed E-state index contributed by atoms with van der Waals surface area (Å²) in [6, 6.07) is 2.80. The molecule has 0 saturated carbocycles. The summed E-state index contributed by atoms with van der Waals surface area (Å²) in [6.07, 6.45) is 12.9. The van der Waals surface area contributed by atoms with Crippen molar-refractivity contribution in [3.05, 3.63) is 29.7 Å². The number of aliphatic hydroxyl groups excluding tert-OH is 1. The highest BCUT2D eigenvalue weighted by molar-refractivity contribution is 5.85. The normalized spacial score (nSPS) is 17.2. The molecule has 0 bridgehead atoms. The van der Waals surface area contributed by atoms with E-state index in [0.29, 0.717) is 42.0 Å². The molecule has 2 aliphatic heterocycles. The Morgan fingerprint density at radius 1 is 1.05 bits per heavy atom. The number of methoxy groups -OCH3 is 1. The number of anilines is 2. The third-order valence-electron chi connectivity index (χ3n) is 7.72. The Kier molecular flexibility index (Phi) is 10.7. The largest absolute Gasteiger partial charge is 0.495 e. The molecule has 11 nitrogen and oxygen atoms in total. The van der Waals surface area contributed by atoms with Crippen LogP contribution in [-0.2, 0) is 11.3 Å². The van der Waals surface area contributed by atoms with Crippen molar-refractivity contribution < 1.29 is 14.6 Å². The Morgan fingerprint density at radius 3 is 2.51 bits per heavy atom. The molecule has 0 atom stereocenters. The van der Waals surface area contributed by atoms with Crippen molar-refractivity contribution >= 4 is 22.8 Å². The number of hydrogen-bond donors (Lipinski definition) is 3. The summed E-state index contributed by atoms with van der Waals surface area (Å²) in [5, 5.41) is 12.7. The van der Waals surface area contributed by atoms with Crippen LogP contribution in [0, 0.1) is 0 Å². The number of aromatic nitrogens is 5. The summed E-state index contributed by atoms with van der Waals surface area (Å²) in [5.41, 5.74) is 15.0. The third kappa shape index (κ3) is 7.55. The summed E-state index contributed by atoms with van der Waals surface area (Å²) in [6.45, 7) is 6.97. The molecular formula is C28H44N8O3. The maximum absolute atomic E-state index is 8.29. The molecule has 0 spiro atoms. The number of rotatable bonds is 9. The molecule has 11 heteroatoms. The smallest absolute Gasteiger partial charge is 0.222 e. The second kappa shape index (κ2) is 14.4. The van der Waals surface area contributed by atoms with Crippen LogP contribution in [0.15, 0.2) is 18.5 Å². The number of ether oxygens (including phenoxy) is 2. The molecule has 0 aliphatic carbocycles. The van der Waals surface area contributed by atoms with Crippen LogP contribution in [0.1, 0.15) is 75.5 Å². The highest BCUT2D eigenvalue weighted by Gasteiger charge is 2.27. The van der Waals surface area contributed by atoms with Crippen LogP contribution in [0.25, 0.3) is 11.0 Å². The lowest BCUT2D eigenvalue weighted by atomic mass is 9.89. The van der Waals surface area contributed by atoms with E-state index in [2.05, 4.69) is 33.0 Å². The lowest BCUT2D eigenvalue weighted by molar-refractivity contribution is 0.0251. The first-order chi connectivity index (χ1) is 19.0. The van der Waals surface area contributed by atoms with Gasteiger partial charge in [-0.1, -0.05) is 26.2 Å². The fourth-order valence-electron chi connectivity index (χ4n) is 5.50. The van der Waals surface area contributed by atoms with E-state index in [1.807, 2.05) is 6.20 Å². The quantitative estimate of drug-likeness (QED) is 0.345. The van der Waals surface area contributed by atoms with E-state index in [1.54, 1.807) is 18.0 Å². The van der Waals surface area contributed by atoms with Crippen molar-refractivity contribution in [1.82, 2.24) is 29.6 Å². The average molecular weight is 541 g/mol. The molecule has 2 aliphatic rings. The van der Waals surface area contributed by atoms with E-state index in [0.717, 1.165) is 69.9 Å². The number of nitrogens with zero attached hydrogens (tertiary/aromatic N) is 6. The standard InChI is InChI=1S/C22H30N8O2.C6H14O/c1-31-19-10-15(14-2-6-29(7-3-14)16-4-8-32-9-5-16)11-25-18(19)13-30-20-17(12-26-30)27-22(24)28-21(20)23;1-2-3-4-5-6-7/h10-12,14,16H,2-9,13H2,1H3,(H4,23,24,27,28);7H,2-6H2,1H3. The lowest BCUT2D eigenvalue weighted by Crippen LogP contribution is -2.43. The first-order valence-electron chi connectivity index (χ1n) is 14.2. The van der Waals surface area contributed by atoms with Crippen LogP contribution in [-0.4, -0.2) is 80.8 Å². The van der Waals surface area contributed by atoms with Crippen molar-refractivity contribution in [2.75, 3.05) is 51.5 Å². The number of nitrogens with two attached hydrogens (primary N) is 2. The van der Waals surface area contributed by atoms with Gasteiger partial charge in [0.1, 0.15) is 22.5 Å². The van der Waals surface area contributed by atoms with Gasteiger partial charge in [-0.2, -0.15) is 10.1 Å². The van der Waals surface area contributed by atoms with Crippen molar-refractivity contribution in [2.24, 2.45) is 0 Å². The van der Waals surface area contributed by atoms with Gasteiger partial charge in [0, 0.05) is 32.1 Å². The van der Waals surface area contributed by atoms with Gasteiger partial charge in [-0.3, -0.25) is 9.67 Å². The Hall–Kier alpha value is -3.02. The number of piperidine rings is 1. The SMILES string of the molecule is CCCCCCO.COc1cc(C2CCN(C3CCOCC3)CC2)cnc1Cn1ncc2nc(N)nc(N)c21. The second-order valence-electron chi connectivity index (χ2n) is 10.4. The van der Waals surface area contributed by atoms with Gasteiger partial charge >= 0.3 is 0 Å². The number of aliphatic hydroxyl groups is 1. The van der Waals surface area contributed by atoms with E-state index in [-0.39, 0.29) is 5.95 Å². The zero-order valence-corrected chi connectivity index (χ0v) is 23.4. The maximum atomic E-state index is 8.29. The average Bonchev–Trinajstić information content (AvgIpc) is 3.37. The van der Waals surface area contributed by atoms with Crippen LogP contribution in [0.3, 0.4) is 0 Å². The number of hydrogen-bond acceptors (Lipinski definition) is 10. The van der Waals surface area contributed by atoms with Crippen LogP contribution in [0.5, 0.6) is 5.75 Å². The van der Waals surface area contributed by atoms with Gasteiger partial charge in [-0.25, -0.2) is 4.98 Å². The monoisotopic (exact) mass is 540 g/mol. The molecule has 214 valence electrons. The van der Waals surface area contributed by atoms with Crippen molar-refractivity contribution in [3.8, 4) is 5.75 Å². The number of unbranched alkanes of at least 4 members (excludes halogenated alkanes) is 3. The predicted octanol–water partition coefficient (Wildman–Crippen LogP) is 3.36. The van der Waals surface area contributed by atoms with E-state index in [1.165, 1.54) is 24.8 Å². The van der Waals surface area contributed by atoms with E-state index >= 15 is 0 Å². The highest BCUT2D eigenvalue weighted by Crippen LogP contribution is 2.33. The molecule has 39 heavy (non-hydrogen) atoms. The predicted molar refractivity (Wildman–Crippen MR) is 153 cm³/mol. The van der Waals surface area contributed by atoms with Crippen LogP contribution in [0.2, 0.25) is 0 Å². The van der Waals surface area contributed by atoms with Crippen LogP contribution in [0.4, 0.5) is 11.8 Å². The summed E-state index contributed by atoms with van der Waals surface area (Å²) in [5.74, 6) is 1.70. The van der Waals surface area contributed by atoms with Gasteiger partial charge in [0.05, 0.1) is 19.9 Å². The maximum Gasteiger partial charge on any atom is 0.222 e. The van der Waals surface area contributed by atoms with Crippen molar-refractivity contribution in [3.63, 3.8) is 0 Å². The number of likely N-dealkylation sites (tertiary alicyclic amines) is 1. The Balaban J connectivity index is 0.000000448. The summed E-state index contributed by atoms with van der Waals surface area (Å²) in [4.78, 5) is 15.6. The summed E-state index contributed by atoms with van der Waals surface area (Å²) in [7, 11) is 1.68. The van der Waals surface area contributed by atoms with E-state index in [4.69, 9.17) is 31.0 Å². The molecule has 0 unspecified atom stereocenters. The minimum Gasteiger partial charge on any atom is -0.495 e. The Labute approximate surface area is 230 Å². The topological polar surface area (TPSA) is 150 Å². The van der Waals surface area contributed by atoms with E-state index in [9.17, 15) is 0 Å². The summed E-state index contributed by atoms with van der Waals surface area (Å²) < 4.78 is 12.9. The molecule has 0 amide bonds. The zero-order chi connectivity index (χ0) is 27.6. The lowest BCUT2D eigenvalue weighted by Gasteiger charge is -2.39. The number of nitrogen functional groups attached to an aromatic ring is 2. The number of pyridine rings is 1. The highest BCUT2D eigenvalue weighted by atomic mass is 16.5. The van der Waals surface area contributed by atoms with Gasteiger partial charge < -0.3 is 30.9 Å². The first-order valence-corrected chi connectivity index (χ1v) is 14.2. The molecule has 5 heterocycles. The molecular weight excluding hydrogens is 496 g/mol. The van der Waals surface area contributed by atoms with Crippen LogP contribution >= 0.6 is 0 Å². The minimum absolute atomic E-state index is 0.137. The van der Waals surface area contributed by atoms with Crippen LogP contribution < -0.4 is 16.2 Å². The van der Waals surface area contributed by atoms with Gasteiger partial charge in [-0.05, 0) is 62.7 Å². The summed E-state index contributed by atoms with van der Waals surface area (Å²) >= 11 is 0. The third-order valence-corrected chi connectivity index (χ3v) is 7.72. The van der Waals surface area contributed by atoms with Gasteiger partial charge in [0.15, 0.2) is 5.82 Å². The van der Waals surface area contributed by atoms with E-state index < -0.39 is 0 Å². The van der Waals surface area contributed by atoms with Gasteiger partial charge in [-0.15, -0.1) is 0 Å². The molecule has 5 rings (SSSR count). The Bertz CT molecular complexity index is 1170. The van der Waals surface area contributed by atoms with Gasteiger partial charge in [0.25, 0.3) is 0 Å². The molecule has 0 radical (unpaired) electrons. The zero-order valence-electron chi connectivity index (χ0n) is 23.4. The fourth-order valence-corrected chi connectivity index (χ4v) is 5.50. The first kappa shape index (κ1) is 29.0.